The number of piperazine rings is 1. The Balaban J connectivity index is 1.88. The van der Waals surface area contributed by atoms with Crippen LogP contribution in [0.2, 0.25) is 0 Å². The molecule has 1 atom stereocenters. The zero-order valence-electron chi connectivity index (χ0n) is 24.4. The van der Waals surface area contributed by atoms with Gasteiger partial charge in [0.05, 0.1) is 11.4 Å². The molecular formula is C31H34FN7O3. The molecule has 5 rings (SSSR count). The van der Waals surface area contributed by atoms with E-state index in [1.807, 2.05) is 39.5 Å². The van der Waals surface area contributed by atoms with Crippen LogP contribution < -0.4 is 15.3 Å². The van der Waals surface area contributed by atoms with E-state index in [9.17, 15) is 14.8 Å². The third-order valence-corrected chi connectivity index (χ3v) is 7.61. The van der Waals surface area contributed by atoms with Crippen molar-refractivity contribution >= 4 is 22.8 Å². The Hall–Kier alpha value is -4.67. The molecular weight excluding hydrogens is 537 g/mol. The van der Waals surface area contributed by atoms with Gasteiger partial charge in [0.15, 0.2) is 23.0 Å². The second-order valence-electron chi connectivity index (χ2n) is 11.1. The molecule has 11 heteroatoms. The average Bonchev–Trinajstić information content (AvgIpc) is 2.97. The molecule has 1 fully saturated rings. The number of carbonyl (C=O) groups is 1. The highest BCUT2D eigenvalue weighted by atomic mass is 19.1. The van der Waals surface area contributed by atoms with Crippen LogP contribution in [0.25, 0.3) is 28.0 Å². The van der Waals surface area contributed by atoms with Gasteiger partial charge in [-0.15, -0.1) is 4.57 Å². The molecule has 4 aromatic rings. The molecule has 3 aromatic heterocycles. The first kappa shape index (κ1) is 28.8. The lowest BCUT2D eigenvalue weighted by Gasteiger charge is -2.40. The molecule has 0 bridgehead atoms. The van der Waals surface area contributed by atoms with Crippen molar-refractivity contribution in [3.05, 3.63) is 88.3 Å². The second kappa shape index (κ2) is 11.3. The van der Waals surface area contributed by atoms with E-state index < -0.39 is 11.5 Å². The molecule has 0 spiro atoms. The molecule has 1 saturated heterocycles. The molecule has 0 saturated carbocycles. The maximum Gasteiger partial charge on any atom is 0.442 e. The predicted molar refractivity (Wildman–Crippen MR) is 159 cm³/mol. The minimum atomic E-state index is -0.748. The Morgan fingerprint density at radius 1 is 1.12 bits per heavy atom. The van der Waals surface area contributed by atoms with Crippen molar-refractivity contribution in [2.75, 3.05) is 24.5 Å². The van der Waals surface area contributed by atoms with Crippen molar-refractivity contribution in [3.8, 4) is 16.9 Å². The number of carbonyl (C=O) groups excluding carboxylic acids is 1. The largest absolute Gasteiger partial charge is 0.710 e. The summed E-state index contributed by atoms with van der Waals surface area (Å²) in [7, 11) is 0. The lowest BCUT2D eigenvalue weighted by atomic mass is 10.0. The van der Waals surface area contributed by atoms with Crippen molar-refractivity contribution in [2.24, 2.45) is 0 Å². The van der Waals surface area contributed by atoms with Crippen molar-refractivity contribution in [1.29, 1.82) is 0 Å². The SMILES string of the molecule is C=CC(=O)N1CCN(c2nc(=O)n(-c3c(C(C)C)ncnc3C(C)C)c3c2cc(F)c(-c2ccccc2)[n+]3[O-])[C@@H](C)C1. The van der Waals surface area contributed by atoms with Gasteiger partial charge in [-0.2, -0.15) is 4.98 Å². The second-order valence-corrected chi connectivity index (χ2v) is 11.1. The molecule has 42 heavy (non-hydrogen) atoms. The Kier molecular flexibility index (Phi) is 7.77. The molecule has 0 N–H and O–H groups in total. The van der Waals surface area contributed by atoms with E-state index in [1.165, 1.54) is 23.0 Å². The van der Waals surface area contributed by atoms with Crippen molar-refractivity contribution in [3.63, 3.8) is 0 Å². The van der Waals surface area contributed by atoms with Gasteiger partial charge in [-0.25, -0.2) is 23.9 Å². The van der Waals surface area contributed by atoms with E-state index in [-0.39, 0.29) is 46.3 Å². The molecule has 10 nitrogen and oxygen atoms in total. The quantitative estimate of drug-likeness (QED) is 0.195. The Bertz CT molecular complexity index is 1710. The van der Waals surface area contributed by atoms with Crippen LogP contribution in [0.15, 0.2) is 60.2 Å². The Morgan fingerprint density at radius 2 is 1.76 bits per heavy atom. The minimum Gasteiger partial charge on any atom is -0.710 e. The maximum absolute atomic E-state index is 15.9. The summed E-state index contributed by atoms with van der Waals surface area (Å²) in [5, 5.41) is 14.5. The van der Waals surface area contributed by atoms with E-state index in [2.05, 4.69) is 21.5 Å². The van der Waals surface area contributed by atoms with E-state index in [0.29, 0.717) is 47.0 Å². The number of anilines is 1. The highest BCUT2D eigenvalue weighted by molar-refractivity contribution is 5.89. The number of amides is 1. The van der Waals surface area contributed by atoms with Crippen molar-refractivity contribution < 1.29 is 13.9 Å². The summed E-state index contributed by atoms with van der Waals surface area (Å²) in [6, 6.07) is 9.49. The topological polar surface area (TPSA) is 111 Å². The fraction of sp³-hybridized carbons (Fsp3) is 0.355. The monoisotopic (exact) mass is 571 g/mol. The number of hydrogen-bond donors (Lipinski definition) is 0. The van der Waals surface area contributed by atoms with Gasteiger partial charge in [-0.05, 0) is 30.9 Å². The number of pyridine rings is 1. The normalized spacial score (nSPS) is 15.6. The van der Waals surface area contributed by atoms with Crippen LogP contribution in [0, 0.1) is 11.0 Å². The molecule has 4 heterocycles. The van der Waals surface area contributed by atoms with Crippen molar-refractivity contribution in [1.82, 2.24) is 24.4 Å². The van der Waals surface area contributed by atoms with Crippen LogP contribution in [0.3, 0.4) is 0 Å². The molecule has 1 aliphatic rings. The summed E-state index contributed by atoms with van der Waals surface area (Å²) in [5.74, 6) is -1.00. The van der Waals surface area contributed by atoms with Crippen LogP contribution in [0.5, 0.6) is 0 Å². The van der Waals surface area contributed by atoms with Crippen LogP contribution in [-0.4, -0.2) is 56.0 Å². The summed E-state index contributed by atoms with van der Waals surface area (Å²) in [5.41, 5.74) is 0.901. The van der Waals surface area contributed by atoms with Gasteiger partial charge in [0.2, 0.25) is 5.91 Å². The van der Waals surface area contributed by atoms with E-state index >= 15 is 4.39 Å². The van der Waals surface area contributed by atoms with Gasteiger partial charge < -0.3 is 15.0 Å². The van der Waals surface area contributed by atoms with E-state index in [4.69, 9.17) is 0 Å². The summed E-state index contributed by atoms with van der Waals surface area (Å²) in [4.78, 5) is 43.3. The number of hydrogen-bond acceptors (Lipinski definition) is 7. The first-order chi connectivity index (χ1) is 20.0. The van der Waals surface area contributed by atoms with Crippen LogP contribution in [-0.2, 0) is 4.79 Å². The smallest absolute Gasteiger partial charge is 0.442 e. The first-order valence-electron chi connectivity index (χ1n) is 14.0. The zero-order chi connectivity index (χ0) is 30.3. The Morgan fingerprint density at radius 3 is 2.33 bits per heavy atom. The van der Waals surface area contributed by atoms with Gasteiger partial charge in [-0.3, -0.25) is 4.79 Å². The molecule has 1 aliphatic heterocycles. The highest BCUT2D eigenvalue weighted by Crippen LogP contribution is 2.33. The fourth-order valence-corrected chi connectivity index (χ4v) is 5.59. The summed E-state index contributed by atoms with van der Waals surface area (Å²) >= 11 is 0. The predicted octanol–water partition coefficient (Wildman–Crippen LogP) is 4.09. The number of fused-ring (bicyclic) bond motifs is 1. The maximum atomic E-state index is 15.9. The summed E-state index contributed by atoms with van der Waals surface area (Å²) < 4.78 is 17.7. The third kappa shape index (κ3) is 4.88. The van der Waals surface area contributed by atoms with Crippen LogP contribution >= 0.6 is 0 Å². The van der Waals surface area contributed by atoms with E-state index in [1.54, 1.807) is 35.2 Å². The van der Waals surface area contributed by atoms with Gasteiger partial charge in [-0.1, -0.05) is 64.6 Å². The minimum absolute atomic E-state index is 0.0688. The van der Waals surface area contributed by atoms with Crippen LogP contribution in [0.4, 0.5) is 10.2 Å². The first-order valence-corrected chi connectivity index (χ1v) is 14.0. The van der Waals surface area contributed by atoms with Gasteiger partial charge in [0.1, 0.15) is 11.7 Å². The Labute approximate surface area is 243 Å². The lowest BCUT2D eigenvalue weighted by molar-refractivity contribution is -0.569. The number of halogens is 1. The molecule has 0 radical (unpaired) electrons. The van der Waals surface area contributed by atoms with Gasteiger partial charge in [0, 0.05) is 31.2 Å². The fourth-order valence-electron chi connectivity index (χ4n) is 5.59. The van der Waals surface area contributed by atoms with Gasteiger partial charge in [0.25, 0.3) is 0 Å². The number of nitrogens with zero attached hydrogens (tertiary/aromatic N) is 7. The summed E-state index contributed by atoms with van der Waals surface area (Å²) in [6.07, 6.45) is 2.72. The summed E-state index contributed by atoms with van der Waals surface area (Å²) in [6.45, 7) is 14.3. The number of aromatic nitrogens is 5. The lowest BCUT2D eigenvalue weighted by Crippen LogP contribution is -2.54. The van der Waals surface area contributed by atoms with E-state index in [0.717, 1.165) is 0 Å². The van der Waals surface area contributed by atoms with Gasteiger partial charge >= 0.3 is 11.3 Å². The molecule has 1 aromatic carbocycles. The third-order valence-electron chi connectivity index (χ3n) is 7.61. The standard InChI is InChI=1S/C31H34FN7O3/c1-7-24(40)36-13-14-37(20(6)16-36)29-22-15-23(32)27(21-11-9-8-10-12-21)39(42)30(22)38(31(41)35-29)28-25(18(2)3)33-17-34-26(28)19(4)5/h7-12,15,17-20H,1,13-14,16H2,2-6H3/t20-/m0/s1. The average molecular weight is 572 g/mol. The zero-order valence-corrected chi connectivity index (χ0v) is 24.4. The molecule has 0 aliphatic carbocycles. The highest BCUT2D eigenvalue weighted by Gasteiger charge is 2.35. The molecule has 218 valence electrons. The number of benzene rings is 1. The van der Waals surface area contributed by atoms with Crippen LogP contribution in [0.1, 0.15) is 57.8 Å². The molecule has 1 amide bonds. The van der Waals surface area contributed by atoms with Crippen molar-refractivity contribution in [2.45, 2.75) is 52.5 Å². The number of rotatable bonds is 6. The molecule has 0 unspecified atom stereocenters.